The van der Waals surface area contributed by atoms with E-state index in [-0.39, 0.29) is 0 Å². The van der Waals surface area contributed by atoms with Gasteiger partial charge in [-0.1, -0.05) is 65.8 Å². The molecule has 1 unspecified atom stereocenters. The smallest absolute Gasteiger partial charge is 0.199 e. The maximum Gasteiger partial charge on any atom is 0.199 e. The molecule has 0 saturated heterocycles. The third-order valence-corrected chi connectivity index (χ3v) is 15.4. The molecule has 0 bridgehead atoms. The van der Waals surface area contributed by atoms with Crippen LogP contribution in [0.25, 0.3) is 0 Å². The highest BCUT2D eigenvalue weighted by Gasteiger charge is 2.65. The zero-order valence-electron chi connectivity index (χ0n) is 19.1. The molecule has 30 heavy (non-hydrogen) atoms. The lowest BCUT2D eigenvalue weighted by Crippen LogP contribution is -2.41. The number of rotatable bonds is 1. The number of fused-ring (bicyclic) bond motifs is 2. The van der Waals surface area contributed by atoms with E-state index in [0.29, 0.717) is 11.5 Å². The van der Waals surface area contributed by atoms with E-state index in [1.54, 1.807) is 0 Å². The van der Waals surface area contributed by atoms with Gasteiger partial charge < -0.3 is 18.6 Å². The number of aryl methyl sites for hydroxylation is 2. The summed E-state index contributed by atoms with van der Waals surface area (Å²) in [5, 5.41) is 0.425. The summed E-state index contributed by atoms with van der Waals surface area (Å²) < 4.78 is 42.7. The van der Waals surface area contributed by atoms with Crippen molar-refractivity contribution >= 4 is 24.9 Å². The highest BCUT2D eigenvalue weighted by atomic mass is 31.2. The van der Waals surface area contributed by atoms with Gasteiger partial charge in [0.15, 0.2) is 26.0 Å². The normalized spacial score (nSPS) is 30.4. The van der Waals surface area contributed by atoms with Crippen LogP contribution >= 0.6 is 14.3 Å². The van der Waals surface area contributed by atoms with Gasteiger partial charge in [0.2, 0.25) is 0 Å². The lowest BCUT2D eigenvalue weighted by molar-refractivity contribution is 0.162. The van der Waals surface area contributed by atoms with E-state index in [9.17, 15) is 9.13 Å². The summed E-state index contributed by atoms with van der Waals surface area (Å²) in [7, 11) is -6.31. The second kappa shape index (κ2) is 6.50. The van der Waals surface area contributed by atoms with Gasteiger partial charge in [0.1, 0.15) is 11.5 Å². The van der Waals surface area contributed by atoms with Crippen molar-refractivity contribution in [1.82, 2.24) is 0 Å². The molecule has 4 atom stereocenters. The van der Waals surface area contributed by atoms with Crippen LogP contribution in [0.15, 0.2) is 36.4 Å². The Morgan fingerprint density at radius 2 is 1.00 bits per heavy atom. The maximum absolute atomic E-state index is 14.9. The van der Waals surface area contributed by atoms with Crippen LogP contribution in [0, 0.1) is 13.8 Å². The van der Waals surface area contributed by atoms with E-state index in [1.165, 1.54) is 0 Å². The molecule has 162 valence electrons. The van der Waals surface area contributed by atoms with E-state index >= 15 is 0 Å². The minimum absolute atomic E-state index is 0.565. The molecule has 0 aromatic heterocycles. The first-order valence-corrected chi connectivity index (χ1v) is 14.0. The lowest BCUT2D eigenvalue weighted by atomic mass is 10.2. The van der Waals surface area contributed by atoms with E-state index in [4.69, 9.17) is 9.47 Å². The molecule has 6 heteroatoms. The highest BCUT2D eigenvalue weighted by molar-refractivity contribution is 7.78. The standard InChI is InChI=1S/C24H32O4P2/c1-15-11-9-13-17-19(15)29(25,23(3,4)5)21(27-17)22-28-18-14-10-12-16(2)20(18)30(22,26)24(6,7)8/h9-14,21-22H,1-8H3/t21-,22?,29+,30+/m0/s1. The molecule has 0 saturated carbocycles. The first-order chi connectivity index (χ1) is 13.7. The molecule has 0 amide bonds. The second-order valence-electron chi connectivity index (χ2n) is 10.5. The van der Waals surface area contributed by atoms with Gasteiger partial charge in [0.25, 0.3) is 0 Å². The monoisotopic (exact) mass is 446 g/mol. The lowest BCUT2D eigenvalue weighted by Gasteiger charge is -2.39. The minimum Gasteiger partial charge on any atom is -0.477 e. The molecule has 0 spiro atoms. The third kappa shape index (κ3) is 2.66. The van der Waals surface area contributed by atoms with Crippen LogP contribution in [0.1, 0.15) is 52.7 Å². The molecular weight excluding hydrogens is 414 g/mol. The van der Waals surface area contributed by atoms with Gasteiger partial charge >= 0.3 is 0 Å². The van der Waals surface area contributed by atoms with Crippen LogP contribution in [0.2, 0.25) is 0 Å². The van der Waals surface area contributed by atoms with Crippen molar-refractivity contribution < 1.29 is 18.6 Å². The molecule has 0 N–H and O–H groups in total. The Kier molecular flexibility index (Phi) is 4.71. The quantitative estimate of drug-likeness (QED) is 0.503. The zero-order chi connectivity index (χ0) is 22.3. The average Bonchev–Trinajstić information content (AvgIpc) is 3.09. The summed E-state index contributed by atoms with van der Waals surface area (Å²) in [6.07, 6.45) is 0. The highest BCUT2D eigenvalue weighted by Crippen LogP contribution is 2.75. The summed E-state index contributed by atoms with van der Waals surface area (Å²) in [6, 6.07) is 11.5. The van der Waals surface area contributed by atoms with Crippen molar-refractivity contribution in [3.05, 3.63) is 47.5 Å². The Morgan fingerprint density at radius 3 is 1.30 bits per heavy atom. The molecule has 2 aromatic rings. The van der Waals surface area contributed by atoms with Crippen LogP contribution in [0.4, 0.5) is 0 Å². The maximum atomic E-state index is 14.9. The topological polar surface area (TPSA) is 52.6 Å². The second-order valence-corrected chi connectivity index (χ2v) is 17.7. The van der Waals surface area contributed by atoms with Gasteiger partial charge in [-0.05, 0) is 37.1 Å². The first kappa shape index (κ1) is 21.7. The fourth-order valence-electron chi connectivity index (χ4n) is 4.88. The predicted octanol–water partition coefficient (Wildman–Crippen LogP) is 6.01. The summed E-state index contributed by atoms with van der Waals surface area (Å²) in [6.45, 7) is 15.9. The van der Waals surface area contributed by atoms with Crippen LogP contribution in [0.3, 0.4) is 0 Å². The van der Waals surface area contributed by atoms with Gasteiger partial charge in [-0.2, -0.15) is 0 Å². The fourth-order valence-corrected chi connectivity index (χ4v) is 12.9. The van der Waals surface area contributed by atoms with Crippen molar-refractivity contribution in [2.24, 2.45) is 0 Å². The molecular formula is C24H32O4P2. The Labute approximate surface area is 180 Å². The van der Waals surface area contributed by atoms with Crippen molar-refractivity contribution in [1.29, 1.82) is 0 Å². The number of benzene rings is 2. The Balaban J connectivity index is 1.99. The molecule has 2 heterocycles. The third-order valence-electron chi connectivity index (χ3n) is 6.52. The largest absolute Gasteiger partial charge is 0.477 e. The summed E-state index contributed by atoms with van der Waals surface area (Å²) >= 11 is 0. The van der Waals surface area contributed by atoms with Gasteiger partial charge in [-0.15, -0.1) is 0 Å². The molecule has 4 rings (SSSR count). The van der Waals surface area contributed by atoms with E-state index in [0.717, 1.165) is 21.7 Å². The first-order valence-electron chi connectivity index (χ1n) is 10.5. The zero-order valence-corrected chi connectivity index (χ0v) is 20.9. The average molecular weight is 446 g/mol. The van der Waals surface area contributed by atoms with Crippen molar-refractivity contribution in [3.63, 3.8) is 0 Å². The Hall–Kier alpha value is -1.50. The van der Waals surface area contributed by atoms with Crippen LogP contribution in [-0.4, -0.2) is 22.0 Å². The summed E-state index contributed by atoms with van der Waals surface area (Å²) in [5.74, 6) is -0.305. The van der Waals surface area contributed by atoms with Gasteiger partial charge in [0, 0.05) is 10.3 Å². The van der Waals surface area contributed by atoms with Crippen molar-refractivity contribution in [3.8, 4) is 11.5 Å². The summed E-state index contributed by atoms with van der Waals surface area (Å²) in [4.78, 5) is 0. The van der Waals surface area contributed by atoms with Crippen molar-refractivity contribution in [2.45, 2.75) is 77.4 Å². The van der Waals surface area contributed by atoms with Crippen molar-refractivity contribution in [2.75, 3.05) is 0 Å². The Morgan fingerprint density at radius 1 is 0.667 bits per heavy atom. The van der Waals surface area contributed by atoms with Gasteiger partial charge in [0.05, 0.1) is 10.6 Å². The minimum atomic E-state index is -3.15. The SMILES string of the molecule is Cc1cccc2c1[P@](=O)(C(C)(C)C)C([C@H]1Oc3cccc(C)c3[P@]1(=O)C(C)(C)C)O2. The molecule has 2 aromatic carbocycles. The predicted molar refractivity (Wildman–Crippen MR) is 125 cm³/mol. The van der Waals surface area contributed by atoms with Gasteiger partial charge in [-0.25, -0.2) is 0 Å². The number of hydrogen-bond acceptors (Lipinski definition) is 4. The number of ether oxygens (including phenoxy) is 2. The summed E-state index contributed by atoms with van der Waals surface area (Å²) in [5.41, 5.74) is 1.90. The number of hydrogen-bond donors (Lipinski definition) is 0. The van der Waals surface area contributed by atoms with Gasteiger partial charge in [-0.3, -0.25) is 0 Å². The Bertz CT molecular complexity index is 1030. The van der Waals surface area contributed by atoms with Crippen LogP contribution < -0.4 is 20.1 Å². The molecule has 0 fully saturated rings. The van der Waals surface area contributed by atoms with E-state index in [2.05, 4.69) is 0 Å². The molecule has 0 aliphatic carbocycles. The van der Waals surface area contributed by atoms with E-state index in [1.807, 2.05) is 91.8 Å². The molecule has 2 aliphatic heterocycles. The van der Waals surface area contributed by atoms with Crippen LogP contribution in [0.5, 0.6) is 11.5 Å². The van der Waals surface area contributed by atoms with E-state index < -0.39 is 36.3 Å². The molecule has 0 radical (unpaired) electrons. The van der Waals surface area contributed by atoms with Crippen LogP contribution in [-0.2, 0) is 9.13 Å². The molecule has 4 nitrogen and oxygen atoms in total. The molecule has 2 aliphatic rings. The fraction of sp³-hybridized carbons (Fsp3) is 0.500.